The van der Waals surface area contributed by atoms with Gasteiger partial charge in [-0.15, -0.1) is 11.3 Å². The number of imidazole rings is 1. The number of thiazole rings is 1. The number of aromatic nitrogens is 3. The van der Waals surface area contributed by atoms with Gasteiger partial charge in [-0.25, -0.2) is 9.97 Å². The number of rotatable bonds is 4. The number of methoxy groups -OCH3 is 1. The van der Waals surface area contributed by atoms with Crippen molar-refractivity contribution >= 4 is 22.1 Å². The Kier molecular flexibility index (Phi) is 3.78. The van der Waals surface area contributed by atoms with Crippen molar-refractivity contribution in [1.29, 1.82) is 0 Å². The van der Waals surface area contributed by atoms with Crippen LogP contribution in [-0.4, -0.2) is 21.6 Å². The molecule has 4 rings (SSSR count). The van der Waals surface area contributed by atoms with Crippen LogP contribution in [0.5, 0.6) is 5.75 Å². The molecular formula is C19H17N3OS. The minimum Gasteiger partial charge on any atom is -0.496 e. The standard InChI is InChI=1S/C19H17N3OS/c1-13(19-21-10-12-24-19)22-11-9-20-18(22)16-7-8-17(23-2)15-6-4-3-5-14(15)16/h3-13H,1-2H3/t13-/m1/s1. The second-order valence-corrected chi connectivity index (χ2v) is 6.49. The molecule has 2 heterocycles. The van der Waals surface area contributed by atoms with E-state index < -0.39 is 0 Å². The third kappa shape index (κ3) is 2.37. The van der Waals surface area contributed by atoms with Gasteiger partial charge in [0.2, 0.25) is 0 Å². The smallest absolute Gasteiger partial charge is 0.141 e. The summed E-state index contributed by atoms with van der Waals surface area (Å²) in [6, 6.07) is 12.5. The molecule has 0 N–H and O–H groups in total. The molecule has 1 atom stereocenters. The maximum atomic E-state index is 5.50. The first kappa shape index (κ1) is 14.9. The van der Waals surface area contributed by atoms with Gasteiger partial charge in [-0.05, 0) is 24.4 Å². The molecule has 0 radical (unpaired) electrons. The van der Waals surface area contributed by atoms with Crippen molar-refractivity contribution in [2.75, 3.05) is 7.11 Å². The molecule has 2 aromatic heterocycles. The fourth-order valence-corrected chi connectivity index (χ4v) is 3.73. The highest BCUT2D eigenvalue weighted by atomic mass is 32.1. The maximum absolute atomic E-state index is 5.50. The second-order valence-electron chi connectivity index (χ2n) is 5.57. The quantitative estimate of drug-likeness (QED) is 0.539. The molecule has 4 nitrogen and oxygen atoms in total. The molecule has 0 saturated heterocycles. The molecule has 24 heavy (non-hydrogen) atoms. The fourth-order valence-electron chi connectivity index (χ4n) is 3.04. The van der Waals surface area contributed by atoms with Crippen LogP contribution in [0.2, 0.25) is 0 Å². The Hall–Kier alpha value is -2.66. The Morgan fingerprint density at radius 1 is 1.04 bits per heavy atom. The van der Waals surface area contributed by atoms with Crippen LogP contribution in [0.3, 0.4) is 0 Å². The van der Waals surface area contributed by atoms with Crippen LogP contribution in [0.4, 0.5) is 0 Å². The molecule has 0 unspecified atom stereocenters. The van der Waals surface area contributed by atoms with E-state index in [0.29, 0.717) is 0 Å². The molecule has 4 aromatic rings. The largest absolute Gasteiger partial charge is 0.496 e. The summed E-state index contributed by atoms with van der Waals surface area (Å²) in [6.45, 7) is 2.15. The number of nitrogens with zero attached hydrogens (tertiary/aromatic N) is 3. The summed E-state index contributed by atoms with van der Waals surface area (Å²) in [7, 11) is 1.70. The van der Waals surface area contributed by atoms with E-state index in [4.69, 9.17) is 4.74 Å². The van der Waals surface area contributed by atoms with Gasteiger partial charge < -0.3 is 9.30 Å². The zero-order chi connectivity index (χ0) is 16.5. The van der Waals surface area contributed by atoms with E-state index in [9.17, 15) is 0 Å². The van der Waals surface area contributed by atoms with Crippen molar-refractivity contribution in [3.05, 3.63) is 65.4 Å². The SMILES string of the molecule is COc1ccc(-c2nccn2[C@H](C)c2nccs2)c2ccccc12. The Labute approximate surface area is 144 Å². The van der Waals surface area contributed by atoms with Crippen molar-refractivity contribution < 1.29 is 4.74 Å². The Morgan fingerprint density at radius 2 is 1.88 bits per heavy atom. The normalized spacial score (nSPS) is 12.4. The van der Waals surface area contributed by atoms with Gasteiger partial charge in [0, 0.05) is 34.9 Å². The van der Waals surface area contributed by atoms with Gasteiger partial charge in [0.15, 0.2) is 0 Å². The molecule has 0 spiro atoms. The number of fused-ring (bicyclic) bond motifs is 1. The lowest BCUT2D eigenvalue weighted by molar-refractivity contribution is 0.420. The number of ether oxygens (including phenoxy) is 1. The molecule has 0 aliphatic heterocycles. The van der Waals surface area contributed by atoms with Crippen molar-refractivity contribution in [2.45, 2.75) is 13.0 Å². The lowest BCUT2D eigenvalue weighted by Crippen LogP contribution is -2.07. The van der Waals surface area contributed by atoms with Crippen molar-refractivity contribution in [1.82, 2.24) is 14.5 Å². The zero-order valence-corrected chi connectivity index (χ0v) is 14.3. The third-order valence-corrected chi connectivity index (χ3v) is 5.19. The van der Waals surface area contributed by atoms with Gasteiger partial charge in [0.25, 0.3) is 0 Å². The van der Waals surface area contributed by atoms with E-state index in [1.807, 2.05) is 42.2 Å². The van der Waals surface area contributed by atoms with Gasteiger partial charge in [-0.3, -0.25) is 0 Å². The van der Waals surface area contributed by atoms with Gasteiger partial charge in [-0.2, -0.15) is 0 Å². The number of hydrogen-bond acceptors (Lipinski definition) is 4. The molecule has 5 heteroatoms. The molecule has 0 fully saturated rings. The predicted octanol–water partition coefficient (Wildman–Crippen LogP) is 4.78. The highest BCUT2D eigenvalue weighted by Gasteiger charge is 2.17. The molecule has 0 amide bonds. The molecule has 0 saturated carbocycles. The Bertz CT molecular complexity index is 975. The van der Waals surface area contributed by atoms with Crippen LogP contribution in [0.25, 0.3) is 22.2 Å². The summed E-state index contributed by atoms with van der Waals surface area (Å²) in [5, 5.41) is 5.31. The van der Waals surface area contributed by atoms with Crippen LogP contribution in [0, 0.1) is 0 Å². The zero-order valence-electron chi connectivity index (χ0n) is 13.5. The van der Waals surface area contributed by atoms with Crippen molar-refractivity contribution in [2.24, 2.45) is 0 Å². The van der Waals surface area contributed by atoms with Crippen LogP contribution in [0.15, 0.2) is 60.4 Å². The summed E-state index contributed by atoms with van der Waals surface area (Å²) >= 11 is 1.66. The van der Waals surface area contributed by atoms with Crippen LogP contribution >= 0.6 is 11.3 Å². The molecule has 0 aliphatic rings. The maximum Gasteiger partial charge on any atom is 0.141 e. The highest BCUT2D eigenvalue weighted by molar-refractivity contribution is 7.09. The van der Waals surface area contributed by atoms with Crippen LogP contribution in [0.1, 0.15) is 18.0 Å². The Balaban J connectivity index is 1.90. The first-order valence-electron chi connectivity index (χ1n) is 7.78. The van der Waals surface area contributed by atoms with Gasteiger partial charge >= 0.3 is 0 Å². The van der Waals surface area contributed by atoms with E-state index in [2.05, 4.69) is 39.7 Å². The lowest BCUT2D eigenvalue weighted by Gasteiger charge is -2.16. The first-order valence-corrected chi connectivity index (χ1v) is 8.66. The summed E-state index contributed by atoms with van der Waals surface area (Å²) in [4.78, 5) is 9.07. The summed E-state index contributed by atoms with van der Waals surface area (Å²) < 4.78 is 7.67. The van der Waals surface area contributed by atoms with E-state index in [-0.39, 0.29) is 6.04 Å². The summed E-state index contributed by atoms with van der Waals surface area (Å²) in [6.07, 6.45) is 5.70. The highest BCUT2D eigenvalue weighted by Crippen LogP contribution is 2.35. The predicted molar refractivity (Wildman–Crippen MR) is 97.6 cm³/mol. The Morgan fingerprint density at radius 3 is 2.62 bits per heavy atom. The van der Waals surface area contributed by atoms with E-state index in [0.717, 1.165) is 32.9 Å². The average molecular weight is 335 g/mol. The molecular weight excluding hydrogens is 318 g/mol. The molecule has 2 aromatic carbocycles. The topological polar surface area (TPSA) is 39.9 Å². The van der Waals surface area contributed by atoms with Crippen LogP contribution in [-0.2, 0) is 0 Å². The fraction of sp³-hybridized carbons (Fsp3) is 0.158. The minimum absolute atomic E-state index is 0.142. The van der Waals surface area contributed by atoms with E-state index in [1.54, 1.807) is 18.4 Å². The van der Waals surface area contributed by atoms with Gasteiger partial charge in [0.05, 0.1) is 13.2 Å². The lowest BCUT2D eigenvalue weighted by atomic mass is 10.0. The second kappa shape index (κ2) is 6.09. The van der Waals surface area contributed by atoms with Crippen molar-refractivity contribution in [3.63, 3.8) is 0 Å². The summed E-state index contributed by atoms with van der Waals surface area (Å²) in [5.41, 5.74) is 1.10. The van der Waals surface area contributed by atoms with E-state index >= 15 is 0 Å². The van der Waals surface area contributed by atoms with Gasteiger partial charge in [0.1, 0.15) is 16.6 Å². The van der Waals surface area contributed by atoms with Gasteiger partial charge in [-0.1, -0.05) is 24.3 Å². The summed E-state index contributed by atoms with van der Waals surface area (Å²) in [5.74, 6) is 1.82. The van der Waals surface area contributed by atoms with Crippen LogP contribution < -0.4 is 4.74 Å². The third-order valence-electron chi connectivity index (χ3n) is 4.24. The number of benzene rings is 2. The molecule has 0 aliphatic carbocycles. The molecule has 0 bridgehead atoms. The van der Waals surface area contributed by atoms with E-state index in [1.165, 1.54) is 0 Å². The minimum atomic E-state index is 0.142. The monoisotopic (exact) mass is 335 g/mol. The number of hydrogen-bond donors (Lipinski definition) is 0. The average Bonchev–Trinajstić information content (AvgIpc) is 3.32. The first-order chi connectivity index (χ1) is 11.8. The molecule has 120 valence electrons. The van der Waals surface area contributed by atoms with Crippen molar-refractivity contribution in [3.8, 4) is 17.1 Å².